The minimum Gasteiger partial charge on any atom is -0.440 e. The molecule has 6 heteroatoms. The Balaban J connectivity index is 0.00000218. The van der Waals surface area contributed by atoms with Crippen molar-refractivity contribution in [3.63, 3.8) is 0 Å². The lowest BCUT2D eigenvalue weighted by Crippen LogP contribution is -2.51. The Hall–Kier alpha value is -2.50. The van der Waals surface area contributed by atoms with Crippen molar-refractivity contribution in [1.82, 2.24) is 15.2 Å². The smallest absolute Gasteiger partial charge is 0.411 e. The van der Waals surface area contributed by atoms with Gasteiger partial charge in [-0.15, -0.1) is 12.4 Å². The van der Waals surface area contributed by atoms with Gasteiger partial charge in [-0.1, -0.05) is 48.5 Å². The molecular weight excluding hydrogens is 398 g/mol. The van der Waals surface area contributed by atoms with Crippen LogP contribution in [0.2, 0.25) is 0 Å². The zero-order chi connectivity index (χ0) is 19.7. The van der Waals surface area contributed by atoms with Crippen LogP contribution in [-0.2, 0) is 17.7 Å². The quantitative estimate of drug-likeness (QED) is 0.624. The zero-order valence-corrected chi connectivity index (χ0v) is 17.8. The number of benzene rings is 2. The lowest BCUT2D eigenvalue weighted by atomic mass is 9.82. The first kappa shape index (κ1) is 20.8. The predicted molar refractivity (Wildman–Crippen MR) is 121 cm³/mol. The maximum atomic E-state index is 12.9. The maximum Gasteiger partial charge on any atom is 0.411 e. The molecule has 1 amide bonds. The first-order chi connectivity index (χ1) is 14.3. The number of nitrogens with one attached hydrogen (secondary N) is 2. The summed E-state index contributed by atoms with van der Waals surface area (Å²) in [6, 6.07) is 18.7. The summed E-state index contributed by atoms with van der Waals surface area (Å²) in [5, 5.41) is 4.68. The minimum absolute atomic E-state index is 0. The van der Waals surface area contributed by atoms with Crippen molar-refractivity contribution >= 4 is 29.4 Å². The molecular formula is C24H28ClN3O2. The van der Waals surface area contributed by atoms with E-state index in [0.29, 0.717) is 6.54 Å². The molecule has 3 heterocycles. The van der Waals surface area contributed by atoms with Crippen LogP contribution in [0.15, 0.2) is 60.8 Å². The Morgan fingerprint density at radius 2 is 1.77 bits per heavy atom. The number of ether oxygens (including phenoxy) is 1. The van der Waals surface area contributed by atoms with Gasteiger partial charge in [0.1, 0.15) is 5.60 Å². The number of carbonyl (C=O) groups excluding carboxylic acids is 1. The van der Waals surface area contributed by atoms with Crippen LogP contribution in [0, 0.1) is 0 Å². The average molecular weight is 426 g/mol. The lowest BCUT2D eigenvalue weighted by molar-refractivity contribution is 0.00518. The molecule has 158 valence electrons. The summed E-state index contributed by atoms with van der Waals surface area (Å²) in [6.07, 6.45) is 5.52. The van der Waals surface area contributed by atoms with Gasteiger partial charge in [-0.05, 0) is 43.1 Å². The van der Waals surface area contributed by atoms with E-state index < -0.39 is 0 Å². The minimum atomic E-state index is -0.372. The number of amides is 1. The van der Waals surface area contributed by atoms with Crippen LogP contribution >= 0.6 is 12.4 Å². The van der Waals surface area contributed by atoms with E-state index in [4.69, 9.17) is 4.74 Å². The van der Waals surface area contributed by atoms with Gasteiger partial charge < -0.3 is 15.0 Å². The Morgan fingerprint density at radius 3 is 2.57 bits per heavy atom. The molecule has 2 aromatic carbocycles. The average Bonchev–Trinajstić information content (AvgIpc) is 3.27. The summed E-state index contributed by atoms with van der Waals surface area (Å²) >= 11 is 0. The second-order valence-electron chi connectivity index (χ2n) is 8.21. The number of hydrogen-bond donors (Lipinski definition) is 2. The highest BCUT2D eigenvalue weighted by atomic mass is 35.5. The number of carbonyl (C=O) groups is 1. The highest BCUT2D eigenvalue weighted by molar-refractivity contribution is 5.85. The van der Waals surface area contributed by atoms with Gasteiger partial charge in [0, 0.05) is 36.5 Å². The Morgan fingerprint density at radius 1 is 1.03 bits per heavy atom. The number of fused-ring (bicyclic) bond motifs is 1. The van der Waals surface area contributed by atoms with Gasteiger partial charge in [-0.3, -0.25) is 4.90 Å². The number of halogens is 1. The Labute approximate surface area is 183 Å². The molecule has 2 aliphatic rings. The maximum absolute atomic E-state index is 12.9. The fraction of sp³-hybridized carbons (Fsp3) is 0.375. The number of hydrogen-bond acceptors (Lipinski definition) is 3. The van der Waals surface area contributed by atoms with Crippen LogP contribution in [0.3, 0.4) is 0 Å². The molecule has 5 nitrogen and oxygen atoms in total. The molecule has 30 heavy (non-hydrogen) atoms. The number of aromatic amines is 1. The van der Waals surface area contributed by atoms with Crippen molar-refractivity contribution in [2.75, 3.05) is 13.1 Å². The van der Waals surface area contributed by atoms with Gasteiger partial charge in [0.2, 0.25) is 0 Å². The topological polar surface area (TPSA) is 57.4 Å². The van der Waals surface area contributed by atoms with Crippen LogP contribution in [0.1, 0.15) is 30.4 Å². The van der Waals surface area contributed by atoms with Crippen molar-refractivity contribution in [3.05, 3.63) is 71.9 Å². The van der Waals surface area contributed by atoms with Crippen LogP contribution in [0.25, 0.3) is 10.9 Å². The predicted octanol–water partition coefficient (Wildman–Crippen LogP) is 4.67. The van der Waals surface area contributed by atoms with E-state index >= 15 is 0 Å². The molecule has 0 saturated carbocycles. The van der Waals surface area contributed by atoms with E-state index in [9.17, 15) is 4.79 Å². The van der Waals surface area contributed by atoms with Crippen molar-refractivity contribution in [3.8, 4) is 0 Å². The third-order valence-electron chi connectivity index (χ3n) is 6.52. The fourth-order valence-corrected chi connectivity index (χ4v) is 5.00. The van der Waals surface area contributed by atoms with E-state index in [1.807, 2.05) is 23.1 Å². The van der Waals surface area contributed by atoms with Gasteiger partial charge in [0.15, 0.2) is 0 Å². The molecule has 3 aromatic rings. The standard InChI is InChI=1S/C24H27N3O2.ClH/c28-23-27(17-18-6-2-1-3-7-18)22(24(29-23)12-14-25-15-13-24)11-10-19-16-26-21-9-5-4-8-20(19)21;/h1-9,16,22,25-26H,10-15,17H2;1H. The largest absolute Gasteiger partial charge is 0.440 e. The van der Waals surface area contributed by atoms with E-state index in [1.165, 1.54) is 16.5 Å². The summed E-state index contributed by atoms with van der Waals surface area (Å²) in [6.45, 7) is 2.40. The normalized spacial score (nSPS) is 20.3. The molecule has 5 rings (SSSR count). The van der Waals surface area contributed by atoms with Crippen molar-refractivity contribution in [1.29, 1.82) is 0 Å². The third kappa shape index (κ3) is 3.80. The van der Waals surface area contributed by atoms with Crippen LogP contribution < -0.4 is 5.32 Å². The first-order valence-electron chi connectivity index (χ1n) is 10.5. The van der Waals surface area contributed by atoms with Crippen molar-refractivity contribution in [2.45, 2.75) is 43.9 Å². The lowest BCUT2D eigenvalue weighted by Gasteiger charge is -2.38. The van der Waals surface area contributed by atoms with Crippen LogP contribution in [0.4, 0.5) is 4.79 Å². The molecule has 1 unspecified atom stereocenters. The highest BCUT2D eigenvalue weighted by Gasteiger charge is 2.53. The van der Waals surface area contributed by atoms with E-state index in [-0.39, 0.29) is 30.1 Å². The number of aromatic nitrogens is 1. The second kappa shape index (κ2) is 8.70. The molecule has 1 spiro atoms. The third-order valence-corrected chi connectivity index (χ3v) is 6.52. The summed E-state index contributed by atoms with van der Waals surface area (Å²) in [5.74, 6) is 0. The monoisotopic (exact) mass is 425 g/mol. The van der Waals surface area contributed by atoms with Crippen LogP contribution in [-0.4, -0.2) is 40.7 Å². The summed E-state index contributed by atoms with van der Waals surface area (Å²) in [4.78, 5) is 18.3. The number of piperidine rings is 1. The second-order valence-corrected chi connectivity index (χ2v) is 8.21. The molecule has 0 bridgehead atoms. The number of H-pyrrole nitrogens is 1. The SMILES string of the molecule is Cl.O=C1OC2(CCNCC2)C(CCc2c[nH]c3ccccc23)N1Cc1ccccc1. The van der Waals surface area contributed by atoms with Crippen molar-refractivity contribution in [2.24, 2.45) is 0 Å². The van der Waals surface area contributed by atoms with Gasteiger partial charge in [-0.2, -0.15) is 0 Å². The molecule has 2 N–H and O–H groups in total. The van der Waals surface area contributed by atoms with Crippen molar-refractivity contribution < 1.29 is 9.53 Å². The van der Waals surface area contributed by atoms with Gasteiger partial charge >= 0.3 is 6.09 Å². The number of rotatable bonds is 5. The van der Waals surface area contributed by atoms with E-state index in [1.54, 1.807) is 0 Å². The number of aryl methyl sites for hydroxylation is 1. The summed E-state index contributed by atoms with van der Waals surface area (Å²) < 4.78 is 6.08. The first-order valence-corrected chi connectivity index (χ1v) is 10.5. The number of para-hydroxylation sites is 1. The molecule has 0 radical (unpaired) electrons. The summed E-state index contributed by atoms with van der Waals surface area (Å²) in [5.41, 5.74) is 3.25. The zero-order valence-electron chi connectivity index (χ0n) is 17.0. The fourth-order valence-electron chi connectivity index (χ4n) is 5.00. The Bertz CT molecular complexity index is 998. The molecule has 1 atom stereocenters. The molecule has 1 aromatic heterocycles. The van der Waals surface area contributed by atoms with E-state index in [0.717, 1.165) is 44.3 Å². The Kier molecular flexibility index (Phi) is 6.02. The highest BCUT2D eigenvalue weighted by Crippen LogP contribution is 2.40. The molecule has 2 aliphatic heterocycles. The van der Waals surface area contributed by atoms with Gasteiger partial charge in [0.25, 0.3) is 0 Å². The van der Waals surface area contributed by atoms with Gasteiger partial charge in [0.05, 0.1) is 6.04 Å². The molecule has 2 fully saturated rings. The number of nitrogens with zero attached hydrogens (tertiary/aromatic N) is 1. The van der Waals surface area contributed by atoms with Crippen LogP contribution in [0.5, 0.6) is 0 Å². The van der Waals surface area contributed by atoms with Gasteiger partial charge in [-0.25, -0.2) is 4.79 Å². The van der Waals surface area contributed by atoms with E-state index in [2.05, 4.69) is 52.9 Å². The molecule has 0 aliphatic carbocycles. The summed E-state index contributed by atoms with van der Waals surface area (Å²) in [7, 11) is 0. The molecule has 2 saturated heterocycles.